The first-order chi connectivity index (χ1) is 8.60. The summed E-state index contributed by atoms with van der Waals surface area (Å²) in [7, 11) is 2.36. The van der Waals surface area contributed by atoms with Crippen LogP contribution in [0.15, 0.2) is 0 Å². The Balaban J connectivity index is 2.10. The van der Waals surface area contributed by atoms with Crippen LogP contribution in [0.4, 0.5) is 0 Å². The molecule has 2 rings (SSSR count). The Kier molecular flexibility index (Phi) is 4.71. The van der Waals surface area contributed by atoms with Crippen molar-refractivity contribution in [1.82, 2.24) is 4.90 Å². The fourth-order valence-electron chi connectivity index (χ4n) is 4.49. The predicted octanol–water partition coefficient (Wildman–Crippen LogP) is 3.40. The zero-order valence-corrected chi connectivity index (χ0v) is 12.6. The van der Waals surface area contributed by atoms with Gasteiger partial charge in [0, 0.05) is 18.1 Å². The molecule has 2 aliphatic rings. The summed E-state index contributed by atoms with van der Waals surface area (Å²) in [6.07, 6.45) is 11.1. The molecule has 0 spiro atoms. The van der Waals surface area contributed by atoms with E-state index in [0.717, 1.165) is 24.4 Å². The van der Waals surface area contributed by atoms with Crippen LogP contribution in [0.5, 0.6) is 0 Å². The molecule has 0 amide bonds. The van der Waals surface area contributed by atoms with Gasteiger partial charge >= 0.3 is 0 Å². The molecular formula is C16H32N2. The summed E-state index contributed by atoms with van der Waals surface area (Å²) in [5.41, 5.74) is 6.53. The van der Waals surface area contributed by atoms with E-state index in [1.54, 1.807) is 0 Å². The van der Waals surface area contributed by atoms with Crippen molar-refractivity contribution in [3.05, 3.63) is 0 Å². The van der Waals surface area contributed by atoms with E-state index in [0.29, 0.717) is 0 Å². The van der Waals surface area contributed by atoms with Crippen LogP contribution in [0.2, 0.25) is 0 Å². The van der Waals surface area contributed by atoms with Crippen molar-refractivity contribution in [2.75, 3.05) is 13.6 Å². The zero-order valence-electron chi connectivity index (χ0n) is 12.6. The van der Waals surface area contributed by atoms with E-state index in [-0.39, 0.29) is 5.54 Å². The van der Waals surface area contributed by atoms with E-state index in [1.807, 2.05) is 0 Å². The quantitative estimate of drug-likeness (QED) is 0.834. The minimum Gasteiger partial charge on any atom is -0.329 e. The number of nitrogens with two attached hydrogens (primary N) is 1. The normalized spacial score (nSPS) is 39.2. The predicted molar refractivity (Wildman–Crippen MR) is 78.6 cm³/mol. The Morgan fingerprint density at radius 2 is 1.78 bits per heavy atom. The lowest BCUT2D eigenvalue weighted by Gasteiger charge is -2.53. The van der Waals surface area contributed by atoms with E-state index < -0.39 is 0 Å². The summed E-state index contributed by atoms with van der Waals surface area (Å²) in [4.78, 5) is 2.70. The van der Waals surface area contributed by atoms with Crippen LogP contribution in [-0.2, 0) is 0 Å². The van der Waals surface area contributed by atoms with Crippen molar-refractivity contribution in [2.24, 2.45) is 17.6 Å². The molecule has 2 fully saturated rings. The lowest BCUT2D eigenvalue weighted by molar-refractivity contribution is -0.0195. The largest absolute Gasteiger partial charge is 0.329 e. The van der Waals surface area contributed by atoms with E-state index in [2.05, 4.69) is 25.8 Å². The molecule has 18 heavy (non-hydrogen) atoms. The number of rotatable bonds is 3. The van der Waals surface area contributed by atoms with Gasteiger partial charge in [-0.2, -0.15) is 0 Å². The highest BCUT2D eigenvalue weighted by Gasteiger charge is 2.44. The van der Waals surface area contributed by atoms with Gasteiger partial charge in [-0.05, 0) is 51.0 Å². The van der Waals surface area contributed by atoms with Crippen molar-refractivity contribution < 1.29 is 0 Å². The van der Waals surface area contributed by atoms with Crippen LogP contribution < -0.4 is 5.73 Å². The highest BCUT2D eigenvalue weighted by atomic mass is 15.2. The van der Waals surface area contributed by atoms with Gasteiger partial charge in [0.25, 0.3) is 0 Å². The molecule has 3 unspecified atom stereocenters. The minimum atomic E-state index is 0.286. The van der Waals surface area contributed by atoms with E-state index in [4.69, 9.17) is 5.73 Å². The monoisotopic (exact) mass is 252 g/mol. The lowest BCUT2D eigenvalue weighted by atomic mass is 9.68. The molecule has 0 heterocycles. The number of hydrogen-bond donors (Lipinski definition) is 1. The molecule has 0 aliphatic heterocycles. The van der Waals surface area contributed by atoms with E-state index >= 15 is 0 Å². The first-order valence-corrected chi connectivity index (χ1v) is 8.03. The van der Waals surface area contributed by atoms with Crippen molar-refractivity contribution in [3.63, 3.8) is 0 Å². The Morgan fingerprint density at radius 1 is 1.11 bits per heavy atom. The van der Waals surface area contributed by atoms with Gasteiger partial charge in [0.05, 0.1) is 0 Å². The smallest absolute Gasteiger partial charge is 0.0357 e. The van der Waals surface area contributed by atoms with Gasteiger partial charge in [-0.15, -0.1) is 0 Å². The second kappa shape index (κ2) is 5.92. The summed E-state index contributed by atoms with van der Waals surface area (Å²) in [5, 5.41) is 0. The molecule has 3 atom stereocenters. The standard InChI is InChI=1S/C16H32N2/c1-13-9-10-16(12-17,14(2)11-13)18(3)15-7-5-4-6-8-15/h13-15H,4-12,17H2,1-3H3. The summed E-state index contributed by atoms with van der Waals surface area (Å²) in [5.74, 6) is 1.64. The van der Waals surface area contributed by atoms with Gasteiger partial charge in [-0.3, -0.25) is 4.90 Å². The van der Waals surface area contributed by atoms with Crippen molar-refractivity contribution in [1.29, 1.82) is 0 Å². The third kappa shape index (κ3) is 2.60. The molecule has 2 N–H and O–H groups in total. The molecule has 0 bridgehead atoms. The number of hydrogen-bond acceptors (Lipinski definition) is 2. The zero-order chi connectivity index (χ0) is 13.2. The molecule has 2 heteroatoms. The van der Waals surface area contributed by atoms with Gasteiger partial charge in [0.1, 0.15) is 0 Å². The lowest BCUT2D eigenvalue weighted by Crippen LogP contribution is -2.61. The molecule has 106 valence electrons. The molecule has 2 saturated carbocycles. The highest BCUT2D eigenvalue weighted by molar-refractivity contribution is 5.00. The molecular weight excluding hydrogens is 220 g/mol. The van der Waals surface area contributed by atoms with Crippen LogP contribution in [0.25, 0.3) is 0 Å². The maximum absolute atomic E-state index is 6.24. The molecule has 2 aliphatic carbocycles. The Labute approximate surface area is 113 Å². The molecule has 0 aromatic heterocycles. The maximum atomic E-state index is 6.24. The van der Waals surface area contributed by atoms with Crippen molar-refractivity contribution in [3.8, 4) is 0 Å². The van der Waals surface area contributed by atoms with Gasteiger partial charge in [0.15, 0.2) is 0 Å². The second-order valence-corrected chi connectivity index (χ2v) is 6.99. The Hall–Kier alpha value is -0.0800. The summed E-state index contributed by atoms with van der Waals surface area (Å²) >= 11 is 0. The Bertz CT molecular complexity index is 260. The van der Waals surface area contributed by atoms with Crippen LogP contribution in [0.3, 0.4) is 0 Å². The Morgan fingerprint density at radius 3 is 2.33 bits per heavy atom. The van der Waals surface area contributed by atoms with Gasteiger partial charge in [-0.1, -0.05) is 33.1 Å². The molecule has 2 nitrogen and oxygen atoms in total. The van der Waals surface area contributed by atoms with Crippen molar-refractivity contribution in [2.45, 2.75) is 76.8 Å². The first-order valence-electron chi connectivity index (χ1n) is 8.03. The molecule has 0 aromatic rings. The third-order valence-electron chi connectivity index (χ3n) is 5.92. The molecule has 0 aromatic carbocycles. The third-order valence-corrected chi connectivity index (χ3v) is 5.92. The van der Waals surface area contributed by atoms with Crippen molar-refractivity contribution >= 4 is 0 Å². The summed E-state index contributed by atoms with van der Waals surface area (Å²) in [6, 6.07) is 0.790. The van der Waals surface area contributed by atoms with E-state index in [1.165, 1.54) is 51.4 Å². The topological polar surface area (TPSA) is 29.3 Å². The summed E-state index contributed by atoms with van der Waals surface area (Å²) in [6.45, 7) is 5.67. The second-order valence-electron chi connectivity index (χ2n) is 6.99. The average Bonchev–Trinajstić information content (AvgIpc) is 2.40. The first kappa shape index (κ1) is 14.3. The van der Waals surface area contributed by atoms with Gasteiger partial charge in [0.2, 0.25) is 0 Å². The van der Waals surface area contributed by atoms with Crippen LogP contribution in [-0.4, -0.2) is 30.1 Å². The van der Waals surface area contributed by atoms with Gasteiger partial charge in [-0.25, -0.2) is 0 Å². The maximum Gasteiger partial charge on any atom is 0.0357 e. The number of nitrogens with zero attached hydrogens (tertiary/aromatic N) is 1. The van der Waals surface area contributed by atoms with Crippen LogP contribution >= 0.6 is 0 Å². The fourth-order valence-corrected chi connectivity index (χ4v) is 4.49. The van der Waals surface area contributed by atoms with Gasteiger partial charge < -0.3 is 5.73 Å². The molecule has 0 saturated heterocycles. The average molecular weight is 252 g/mol. The fraction of sp³-hybridized carbons (Fsp3) is 1.00. The minimum absolute atomic E-state index is 0.286. The summed E-state index contributed by atoms with van der Waals surface area (Å²) < 4.78 is 0. The highest BCUT2D eigenvalue weighted by Crippen LogP contribution is 2.42. The SMILES string of the molecule is CC1CCC(CN)(N(C)C2CCCCC2)C(C)C1. The van der Waals surface area contributed by atoms with Crippen LogP contribution in [0, 0.1) is 11.8 Å². The number of likely N-dealkylation sites (N-methyl/N-ethyl adjacent to an activating group) is 1. The van der Waals surface area contributed by atoms with Crippen LogP contribution in [0.1, 0.15) is 65.2 Å². The molecule has 0 radical (unpaired) electrons. The van der Waals surface area contributed by atoms with E-state index in [9.17, 15) is 0 Å².